The van der Waals surface area contributed by atoms with Crippen LogP contribution in [0.5, 0.6) is 5.75 Å². The zero-order valence-corrected chi connectivity index (χ0v) is 11.0. The summed E-state index contributed by atoms with van der Waals surface area (Å²) in [4.78, 5) is 15.8. The van der Waals surface area contributed by atoms with Gasteiger partial charge < -0.3 is 14.9 Å². The van der Waals surface area contributed by atoms with E-state index in [-0.39, 0.29) is 5.75 Å². The van der Waals surface area contributed by atoms with E-state index in [1.54, 1.807) is 12.1 Å². The molecule has 5 nitrogen and oxygen atoms in total. The van der Waals surface area contributed by atoms with Crippen molar-refractivity contribution in [3.8, 4) is 5.75 Å². The maximum Gasteiger partial charge on any atom is 0.347 e. The summed E-state index contributed by atoms with van der Waals surface area (Å²) in [6, 6.07) is 14.9. The number of carboxylic acids is 1. The van der Waals surface area contributed by atoms with Gasteiger partial charge in [-0.25, -0.2) is 9.79 Å². The number of carbonyl (C=O) groups is 1. The fourth-order valence-electron chi connectivity index (χ4n) is 2.24. The minimum Gasteiger partial charge on any atom is -0.508 e. The third-order valence-electron chi connectivity index (χ3n) is 3.28. The number of aromatic hydroxyl groups is 1. The van der Waals surface area contributed by atoms with Crippen LogP contribution in [0.1, 0.15) is 17.2 Å². The van der Waals surface area contributed by atoms with Crippen molar-refractivity contribution in [2.24, 2.45) is 4.99 Å². The van der Waals surface area contributed by atoms with Crippen molar-refractivity contribution in [2.75, 3.05) is 0 Å². The number of aliphatic carboxylic acids is 1. The van der Waals surface area contributed by atoms with Gasteiger partial charge >= 0.3 is 5.97 Å². The number of rotatable bonds is 3. The van der Waals surface area contributed by atoms with Crippen LogP contribution in [0.2, 0.25) is 0 Å². The van der Waals surface area contributed by atoms with Gasteiger partial charge in [0.2, 0.25) is 12.0 Å². The van der Waals surface area contributed by atoms with Crippen molar-refractivity contribution < 1.29 is 19.7 Å². The third-order valence-corrected chi connectivity index (χ3v) is 3.28. The van der Waals surface area contributed by atoms with Crippen molar-refractivity contribution in [2.45, 2.75) is 12.1 Å². The lowest BCUT2D eigenvalue weighted by Crippen LogP contribution is -2.26. The zero-order valence-electron chi connectivity index (χ0n) is 11.0. The standard InChI is InChI=1S/C16H13NO4/c18-12-8-6-10(7-9-12)13-14(16(19)20)21-15(17-13)11-4-2-1-3-5-11/h1-9,13-14,18H,(H,19,20)/t13-,14+/m0/s1. The van der Waals surface area contributed by atoms with Crippen molar-refractivity contribution >= 4 is 11.9 Å². The van der Waals surface area contributed by atoms with Gasteiger partial charge in [-0.05, 0) is 29.8 Å². The molecule has 2 aromatic carbocycles. The van der Waals surface area contributed by atoms with E-state index in [4.69, 9.17) is 4.74 Å². The van der Waals surface area contributed by atoms with E-state index in [1.807, 2.05) is 30.3 Å². The van der Waals surface area contributed by atoms with Gasteiger partial charge in [0.05, 0.1) is 0 Å². The zero-order chi connectivity index (χ0) is 14.8. The molecule has 0 amide bonds. The Morgan fingerprint density at radius 3 is 2.33 bits per heavy atom. The molecular weight excluding hydrogens is 270 g/mol. The Labute approximate surface area is 121 Å². The molecule has 3 rings (SSSR count). The van der Waals surface area contributed by atoms with Gasteiger partial charge in [0, 0.05) is 5.56 Å². The van der Waals surface area contributed by atoms with Crippen LogP contribution in [-0.2, 0) is 9.53 Å². The van der Waals surface area contributed by atoms with Crippen molar-refractivity contribution in [1.29, 1.82) is 0 Å². The molecule has 2 atom stereocenters. The molecule has 1 heterocycles. The van der Waals surface area contributed by atoms with Crippen LogP contribution in [0, 0.1) is 0 Å². The van der Waals surface area contributed by atoms with Crippen molar-refractivity contribution in [3.05, 3.63) is 65.7 Å². The fraction of sp³-hybridized carbons (Fsp3) is 0.125. The van der Waals surface area contributed by atoms with Crippen LogP contribution in [0.3, 0.4) is 0 Å². The van der Waals surface area contributed by atoms with Crippen molar-refractivity contribution in [3.63, 3.8) is 0 Å². The largest absolute Gasteiger partial charge is 0.508 e. The lowest BCUT2D eigenvalue weighted by Gasteiger charge is -2.13. The molecule has 5 heteroatoms. The number of hydrogen-bond acceptors (Lipinski definition) is 4. The first-order chi connectivity index (χ1) is 10.1. The van der Waals surface area contributed by atoms with Crippen molar-refractivity contribution in [1.82, 2.24) is 0 Å². The molecule has 2 aromatic rings. The number of phenolic OH excluding ortho intramolecular Hbond substituents is 1. The van der Waals surface area contributed by atoms with Gasteiger partial charge in [0.1, 0.15) is 11.8 Å². The highest BCUT2D eigenvalue weighted by Gasteiger charge is 2.38. The average Bonchev–Trinajstić information content (AvgIpc) is 2.94. The predicted molar refractivity (Wildman–Crippen MR) is 76.3 cm³/mol. The molecule has 0 aliphatic carbocycles. The van der Waals surface area contributed by atoms with Gasteiger partial charge in [0.15, 0.2) is 0 Å². The van der Waals surface area contributed by atoms with Crippen LogP contribution in [0.4, 0.5) is 0 Å². The molecule has 0 fully saturated rings. The van der Waals surface area contributed by atoms with Gasteiger partial charge in [-0.3, -0.25) is 0 Å². The number of carboxylic acid groups (broad SMARTS) is 1. The second kappa shape index (κ2) is 5.28. The summed E-state index contributed by atoms with van der Waals surface area (Å²) in [5.74, 6) is -0.624. The van der Waals surface area contributed by atoms with E-state index in [0.717, 1.165) is 5.56 Å². The first kappa shape index (κ1) is 13.2. The monoisotopic (exact) mass is 283 g/mol. The highest BCUT2D eigenvalue weighted by Crippen LogP contribution is 2.32. The summed E-state index contributed by atoms with van der Waals surface area (Å²) in [5, 5.41) is 18.6. The van der Waals surface area contributed by atoms with Crippen LogP contribution in [0.25, 0.3) is 0 Å². The SMILES string of the molecule is O=C(O)[C@@H]1OC(c2ccccc2)=N[C@H]1c1ccc(O)cc1. The molecule has 0 saturated carbocycles. The quantitative estimate of drug-likeness (QED) is 0.906. The lowest BCUT2D eigenvalue weighted by molar-refractivity contribution is -0.145. The van der Waals surface area contributed by atoms with E-state index in [1.165, 1.54) is 12.1 Å². The van der Waals surface area contributed by atoms with Crippen LogP contribution in [-0.4, -0.2) is 28.2 Å². The number of benzene rings is 2. The molecule has 1 aliphatic heterocycles. The number of ether oxygens (including phenoxy) is 1. The Morgan fingerprint density at radius 1 is 1.05 bits per heavy atom. The second-order valence-corrected chi connectivity index (χ2v) is 4.71. The summed E-state index contributed by atoms with van der Waals surface area (Å²) >= 11 is 0. The number of nitrogens with zero attached hydrogens (tertiary/aromatic N) is 1. The minimum atomic E-state index is -1.07. The van der Waals surface area contributed by atoms with E-state index in [9.17, 15) is 15.0 Å². The van der Waals surface area contributed by atoms with Gasteiger partial charge in [-0.1, -0.05) is 30.3 Å². The summed E-state index contributed by atoms with van der Waals surface area (Å²) in [6.07, 6.45) is -1.07. The van der Waals surface area contributed by atoms with E-state index >= 15 is 0 Å². The number of phenols is 1. The number of aliphatic imine (C=N–C) groups is 1. The molecule has 0 saturated heterocycles. The van der Waals surface area contributed by atoms with E-state index in [2.05, 4.69) is 4.99 Å². The minimum absolute atomic E-state index is 0.122. The third kappa shape index (κ3) is 2.58. The molecule has 21 heavy (non-hydrogen) atoms. The first-order valence-electron chi connectivity index (χ1n) is 6.47. The van der Waals surface area contributed by atoms with E-state index < -0.39 is 18.1 Å². The molecule has 0 radical (unpaired) electrons. The summed E-state index contributed by atoms with van der Waals surface area (Å²) < 4.78 is 5.49. The highest BCUT2D eigenvalue weighted by atomic mass is 16.5. The van der Waals surface area contributed by atoms with Crippen LogP contribution in [0.15, 0.2) is 59.6 Å². The highest BCUT2D eigenvalue weighted by molar-refractivity contribution is 5.97. The average molecular weight is 283 g/mol. The maximum absolute atomic E-state index is 11.4. The predicted octanol–water partition coefficient (Wildman–Crippen LogP) is 2.36. The fourth-order valence-corrected chi connectivity index (χ4v) is 2.24. The molecule has 0 unspecified atom stereocenters. The molecule has 2 N–H and O–H groups in total. The maximum atomic E-state index is 11.4. The first-order valence-corrected chi connectivity index (χ1v) is 6.47. The second-order valence-electron chi connectivity index (χ2n) is 4.71. The molecular formula is C16H13NO4. The normalized spacial score (nSPS) is 20.7. The Morgan fingerprint density at radius 2 is 1.71 bits per heavy atom. The Hall–Kier alpha value is -2.82. The topological polar surface area (TPSA) is 79.1 Å². The number of hydrogen-bond donors (Lipinski definition) is 2. The Balaban J connectivity index is 1.97. The molecule has 0 spiro atoms. The van der Waals surface area contributed by atoms with Gasteiger partial charge in [-0.15, -0.1) is 0 Å². The van der Waals surface area contributed by atoms with Crippen LogP contribution < -0.4 is 0 Å². The van der Waals surface area contributed by atoms with E-state index in [0.29, 0.717) is 11.5 Å². The Bertz CT molecular complexity index is 679. The molecule has 0 aromatic heterocycles. The lowest BCUT2D eigenvalue weighted by atomic mass is 10.0. The van der Waals surface area contributed by atoms with Crippen LogP contribution >= 0.6 is 0 Å². The molecule has 1 aliphatic rings. The Kier molecular flexibility index (Phi) is 3.31. The molecule has 0 bridgehead atoms. The summed E-state index contributed by atoms with van der Waals surface area (Å²) in [7, 11) is 0. The smallest absolute Gasteiger partial charge is 0.347 e. The molecule has 106 valence electrons. The summed E-state index contributed by atoms with van der Waals surface area (Å²) in [5.41, 5.74) is 1.43. The van der Waals surface area contributed by atoms with Gasteiger partial charge in [-0.2, -0.15) is 0 Å². The van der Waals surface area contributed by atoms with Gasteiger partial charge in [0.25, 0.3) is 0 Å². The summed E-state index contributed by atoms with van der Waals surface area (Å²) in [6.45, 7) is 0.